The van der Waals surface area contributed by atoms with Crippen molar-refractivity contribution in [3.63, 3.8) is 0 Å². The van der Waals surface area contributed by atoms with Gasteiger partial charge in [0.05, 0.1) is 43.8 Å². The summed E-state index contributed by atoms with van der Waals surface area (Å²) in [6.45, 7) is 7.21. The lowest BCUT2D eigenvalue weighted by Crippen LogP contribution is -2.40. The van der Waals surface area contributed by atoms with Gasteiger partial charge in [-0.2, -0.15) is 0 Å². The van der Waals surface area contributed by atoms with E-state index in [2.05, 4.69) is 63.2 Å². The number of para-hydroxylation sites is 2. The second-order valence-electron chi connectivity index (χ2n) is 9.71. The molecule has 38 heavy (non-hydrogen) atoms. The van der Waals surface area contributed by atoms with Crippen LogP contribution in [-0.4, -0.2) is 91.8 Å². The molecule has 0 aromatic heterocycles. The van der Waals surface area contributed by atoms with E-state index in [9.17, 15) is 10.2 Å². The minimum atomic E-state index is -0.589. The van der Waals surface area contributed by atoms with Crippen molar-refractivity contribution < 1.29 is 19.7 Å². The number of hydrogen-bond donors (Lipinski definition) is 2. The van der Waals surface area contributed by atoms with Gasteiger partial charge in [0, 0.05) is 49.1 Å². The van der Waals surface area contributed by atoms with Crippen LogP contribution in [0.5, 0.6) is 5.75 Å². The zero-order valence-electron chi connectivity index (χ0n) is 21.7. The monoisotopic (exact) mass is 535 g/mol. The van der Waals surface area contributed by atoms with E-state index in [1.165, 1.54) is 9.79 Å². The molecule has 0 unspecified atom stereocenters. The van der Waals surface area contributed by atoms with Crippen molar-refractivity contribution in [2.24, 2.45) is 0 Å². The molecule has 1 saturated heterocycles. The summed E-state index contributed by atoms with van der Waals surface area (Å²) in [7, 11) is 0. The quantitative estimate of drug-likeness (QED) is 0.363. The predicted octanol–water partition coefficient (Wildman–Crippen LogP) is 3.86. The normalized spacial score (nSPS) is 16.2. The van der Waals surface area contributed by atoms with Gasteiger partial charge in [0.1, 0.15) is 12.4 Å². The highest BCUT2D eigenvalue weighted by molar-refractivity contribution is 7.99. The van der Waals surface area contributed by atoms with Gasteiger partial charge in [-0.3, -0.25) is 9.80 Å². The van der Waals surface area contributed by atoms with E-state index in [0.717, 1.165) is 55.5 Å². The molecule has 0 spiro atoms. The molecular weight excluding hydrogens is 498 g/mol. The van der Waals surface area contributed by atoms with Gasteiger partial charge < -0.3 is 24.6 Å². The molecule has 0 amide bonds. The van der Waals surface area contributed by atoms with Crippen LogP contribution in [0.15, 0.2) is 82.6 Å². The number of benzene rings is 3. The first-order valence-electron chi connectivity index (χ1n) is 13.4. The Balaban J connectivity index is 1.17. The third-order valence-corrected chi connectivity index (χ3v) is 8.05. The van der Waals surface area contributed by atoms with Gasteiger partial charge in [0.25, 0.3) is 0 Å². The maximum atomic E-state index is 11.2. The Bertz CT molecular complexity index is 1110. The van der Waals surface area contributed by atoms with Crippen LogP contribution in [0.25, 0.3) is 0 Å². The average molecular weight is 536 g/mol. The summed E-state index contributed by atoms with van der Waals surface area (Å²) in [5, 5.41) is 20.9. The van der Waals surface area contributed by atoms with Gasteiger partial charge in [-0.15, -0.1) is 0 Å². The summed E-state index contributed by atoms with van der Waals surface area (Å²) in [4.78, 5) is 9.06. The van der Waals surface area contributed by atoms with Crippen molar-refractivity contribution in [1.29, 1.82) is 0 Å². The maximum absolute atomic E-state index is 11.2. The molecule has 8 heteroatoms. The van der Waals surface area contributed by atoms with Crippen LogP contribution in [-0.2, 0) is 11.3 Å². The fourth-order valence-corrected chi connectivity index (χ4v) is 6.08. The largest absolute Gasteiger partial charge is 0.492 e. The van der Waals surface area contributed by atoms with E-state index in [1.807, 2.05) is 24.3 Å². The van der Waals surface area contributed by atoms with Gasteiger partial charge >= 0.3 is 0 Å². The first-order valence-corrected chi connectivity index (χ1v) is 14.2. The standard InChI is InChI=1S/C30H37N3O4S/c34-17-13-32(21-24-9-11-26(12-10-24)37-20-16-31-14-18-36-19-15-31)22-25(35)23-33-27-5-1-3-7-29(27)38-30-8-4-2-6-28(30)33/h1-12,25,34-35H,13-23H2/t25-/m1/s1. The fourth-order valence-electron chi connectivity index (χ4n) is 4.99. The van der Waals surface area contributed by atoms with Crippen molar-refractivity contribution in [2.45, 2.75) is 22.4 Å². The number of fused-ring (bicyclic) bond motifs is 2. The van der Waals surface area contributed by atoms with E-state index < -0.39 is 6.10 Å². The molecule has 1 fully saturated rings. The van der Waals surface area contributed by atoms with E-state index in [4.69, 9.17) is 9.47 Å². The van der Waals surface area contributed by atoms with Gasteiger partial charge in [0.15, 0.2) is 0 Å². The molecule has 0 saturated carbocycles. The van der Waals surface area contributed by atoms with Crippen LogP contribution in [0.1, 0.15) is 5.56 Å². The van der Waals surface area contributed by atoms with Gasteiger partial charge in [-0.05, 0) is 42.0 Å². The Morgan fingerprint density at radius 2 is 1.58 bits per heavy atom. The summed E-state index contributed by atoms with van der Waals surface area (Å²) in [6.07, 6.45) is -0.589. The van der Waals surface area contributed by atoms with Gasteiger partial charge in [0.2, 0.25) is 0 Å². The fraction of sp³-hybridized carbons (Fsp3) is 0.400. The van der Waals surface area contributed by atoms with Crippen molar-refractivity contribution in [1.82, 2.24) is 9.80 Å². The zero-order valence-corrected chi connectivity index (χ0v) is 22.6. The van der Waals surface area contributed by atoms with Crippen LogP contribution in [0.4, 0.5) is 11.4 Å². The van der Waals surface area contributed by atoms with Crippen molar-refractivity contribution >= 4 is 23.1 Å². The van der Waals surface area contributed by atoms with Gasteiger partial charge in [-0.1, -0.05) is 48.2 Å². The van der Waals surface area contributed by atoms with Crippen LogP contribution in [0.3, 0.4) is 0 Å². The van der Waals surface area contributed by atoms with Gasteiger partial charge in [-0.25, -0.2) is 0 Å². The highest BCUT2D eigenvalue weighted by atomic mass is 32.2. The molecule has 2 N–H and O–H groups in total. The Hall–Kier alpha value is -2.59. The predicted molar refractivity (Wildman–Crippen MR) is 152 cm³/mol. The average Bonchev–Trinajstić information content (AvgIpc) is 2.94. The molecule has 0 radical (unpaired) electrons. The van der Waals surface area contributed by atoms with Crippen LogP contribution < -0.4 is 9.64 Å². The number of nitrogens with zero attached hydrogens (tertiary/aromatic N) is 3. The van der Waals surface area contributed by atoms with Crippen molar-refractivity contribution in [3.8, 4) is 5.75 Å². The molecular formula is C30H37N3O4S. The smallest absolute Gasteiger partial charge is 0.119 e. The van der Waals surface area contributed by atoms with E-state index >= 15 is 0 Å². The molecule has 2 aliphatic heterocycles. The molecule has 2 heterocycles. The third kappa shape index (κ3) is 7.08. The molecule has 3 aromatic rings. The Labute approximate surface area is 229 Å². The summed E-state index contributed by atoms with van der Waals surface area (Å²) in [5.41, 5.74) is 3.36. The maximum Gasteiger partial charge on any atom is 0.119 e. The minimum Gasteiger partial charge on any atom is -0.492 e. The molecule has 0 bridgehead atoms. The number of morpholine rings is 1. The molecule has 1 atom stereocenters. The number of ether oxygens (including phenoxy) is 2. The molecule has 3 aromatic carbocycles. The van der Waals surface area contributed by atoms with E-state index in [0.29, 0.717) is 32.8 Å². The highest BCUT2D eigenvalue weighted by Crippen LogP contribution is 2.47. The number of hydrogen-bond acceptors (Lipinski definition) is 8. The topological polar surface area (TPSA) is 68.6 Å². The minimum absolute atomic E-state index is 0.0431. The van der Waals surface area contributed by atoms with Crippen LogP contribution in [0.2, 0.25) is 0 Å². The SMILES string of the molecule is OCCN(Cc1ccc(OCCN2CCOCC2)cc1)C[C@@H](O)CN1c2ccccc2Sc2ccccc21. The lowest BCUT2D eigenvalue weighted by molar-refractivity contribution is 0.0322. The molecule has 202 valence electrons. The van der Waals surface area contributed by atoms with Crippen molar-refractivity contribution in [2.75, 3.05) is 70.6 Å². The summed E-state index contributed by atoms with van der Waals surface area (Å²) in [5.74, 6) is 0.857. The highest BCUT2D eigenvalue weighted by Gasteiger charge is 2.25. The van der Waals surface area contributed by atoms with Crippen LogP contribution >= 0.6 is 11.8 Å². The molecule has 0 aliphatic carbocycles. The summed E-state index contributed by atoms with van der Waals surface area (Å²) >= 11 is 1.77. The summed E-state index contributed by atoms with van der Waals surface area (Å²) in [6, 6.07) is 24.8. The first kappa shape index (κ1) is 27.0. The Morgan fingerprint density at radius 3 is 2.24 bits per heavy atom. The molecule has 2 aliphatic rings. The number of rotatable bonds is 12. The molecule has 5 rings (SSSR count). The first-order chi connectivity index (χ1) is 18.7. The Morgan fingerprint density at radius 1 is 0.921 bits per heavy atom. The number of β-amino-alcohol motifs (C(OH)–C–C–N with tert-alkyl or cyclic N) is 1. The number of aliphatic hydroxyl groups excluding tert-OH is 2. The van der Waals surface area contributed by atoms with E-state index in [1.54, 1.807) is 11.8 Å². The second-order valence-corrected chi connectivity index (χ2v) is 10.8. The number of anilines is 2. The second kappa shape index (κ2) is 13.5. The zero-order chi connectivity index (χ0) is 26.2. The van der Waals surface area contributed by atoms with Crippen molar-refractivity contribution in [3.05, 3.63) is 78.4 Å². The summed E-state index contributed by atoms with van der Waals surface area (Å²) < 4.78 is 11.3. The third-order valence-electron chi connectivity index (χ3n) is 6.92. The van der Waals surface area contributed by atoms with Crippen LogP contribution in [0, 0.1) is 0 Å². The number of aliphatic hydroxyl groups is 2. The Kier molecular flexibility index (Phi) is 9.57. The lowest BCUT2D eigenvalue weighted by Gasteiger charge is -2.35. The molecule has 7 nitrogen and oxygen atoms in total. The lowest BCUT2D eigenvalue weighted by atomic mass is 10.1. The van der Waals surface area contributed by atoms with E-state index in [-0.39, 0.29) is 6.61 Å².